The predicted molar refractivity (Wildman–Crippen MR) is 131 cm³/mol. The van der Waals surface area contributed by atoms with Crippen molar-refractivity contribution in [3.05, 3.63) is 76.3 Å². The molecule has 1 N–H and O–H groups in total. The molecule has 170 valence electrons. The topological polar surface area (TPSA) is 66.3 Å². The number of nitrogens with zero attached hydrogens (tertiary/aromatic N) is 4. The number of piperidine rings is 1. The maximum atomic E-state index is 13.6. The average molecular weight is 442 g/mol. The minimum Gasteiger partial charge on any atom is -0.342 e. The SMILES string of the molecule is Cc1nc(C)c(-c2cc(C)c(C)c(C(=O)N3CCC(c4ccn5cnc(C)c5c4)CC3)c2)[nH]1. The number of aromatic nitrogens is 4. The third-order valence-corrected chi connectivity index (χ3v) is 7.20. The zero-order valence-corrected chi connectivity index (χ0v) is 20.1. The molecule has 1 fully saturated rings. The monoisotopic (exact) mass is 441 g/mol. The van der Waals surface area contributed by atoms with Crippen molar-refractivity contribution < 1.29 is 4.79 Å². The zero-order valence-electron chi connectivity index (χ0n) is 20.1. The van der Waals surface area contributed by atoms with E-state index in [1.54, 1.807) is 0 Å². The van der Waals surface area contributed by atoms with Crippen LogP contribution in [-0.2, 0) is 0 Å². The van der Waals surface area contributed by atoms with E-state index in [2.05, 4.69) is 50.7 Å². The van der Waals surface area contributed by atoms with Crippen LogP contribution >= 0.6 is 0 Å². The molecule has 4 heterocycles. The molecule has 0 radical (unpaired) electrons. The lowest BCUT2D eigenvalue weighted by atomic mass is 9.89. The Bertz CT molecular complexity index is 1350. The molecule has 3 aromatic heterocycles. The van der Waals surface area contributed by atoms with Crippen LogP contribution in [0.25, 0.3) is 16.8 Å². The first kappa shape index (κ1) is 21.4. The highest BCUT2D eigenvalue weighted by Crippen LogP contribution is 2.32. The lowest BCUT2D eigenvalue weighted by Gasteiger charge is -2.33. The maximum Gasteiger partial charge on any atom is 0.254 e. The van der Waals surface area contributed by atoms with Crippen molar-refractivity contribution in [1.29, 1.82) is 0 Å². The zero-order chi connectivity index (χ0) is 23.3. The summed E-state index contributed by atoms with van der Waals surface area (Å²) in [5, 5.41) is 0. The minimum atomic E-state index is 0.131. The van der Waals surface area contributed by atoms with Crippen LogP contribution < -0.4 is 0 Å². The summed E-state index contributed by atoms with van der Waals surface area (Å²) in [5.41, 5.74) is 9.52. The van der Waals surface area contributed by atoms with Gasteiger partial charge in [0.15, 0.2) is 0 Å². The van der Waals surface area contributed by atoms with Crippen LogP contribution in [0.3, 0.4) is 0 Å². The lowest BCUT2D eigenvalue weighted by Crippen LogP contribution is -2.38. The maximum absolute atomic E-state index is 13.6. The van der Waals surface area contributed by atoms with Gasteiger partial charge in [0.05, 0.1) is 28.9 Å². The Labute approximate surface area is 194 Å². The van der Waals surface area contributed by atoms with Gasteiger partial charge >= 0.3 is 0 Å². The predicted octanol–water partition coefficient (Wildman–Crippen LogP) is 5.29. The molecule has 4 aromatic rings. The molecular formula is C27H31N5O. The molecule has 0 bridgehead atoms. The first-order valence-electron chi connectivity index (χ1n) is 11.7. The molecule has 1 saturated heterocycles. The first-order chi connectivity index (χ1) is 15.8. The fraction of sp³-hybridized carbons (Fsp3) is 0.370. The standard InChI is InChI=1S/C27H31N5O/c1-16-12-23(26-19(4)29-20(5)30-26)13-24(17(16)2)27(33)31-9-6-21(7-10-31)22-8-11-32-15-28-18(3)25(32)14-22/h8,11-15,21H,6-7,9-10H2,1-5H3,(H,29,30). The number of hydrogen-bond acceptors (Lipinski definition) is 3. The van der Waals surface area contributed by atoms with E-state index in [-0.39, 0.29) is 5.91 Å². The van der Waals surface area contributed by atoms with Gasteiger partial charge in [0.2, 0.25) is 0 Å². The number of H-pyrrole nitrogens is 1. The van der Waals surface area contributed by atoms with Crippen molar-refractivity contribution in [2.75, 3.05) is 13.1 Å². The average Bonchev–Trinajstić information content (AvgIpc) is 3.35. The van der Waals surface area contributed by atoms with Crippen LogP contribution in [0.2, 0.25) is 0 Å². The number of pyridine rings is 1. The number of fused-ring (bicyclic) bond motifs is 1. The van der Waals surface area contributed by atoms with E-state index in [9.17, 15) is 4.79 Å². The third-order valence-electron chi connectivity index (χ3n) is 7.20. The van der Waals surface area contributed by atoms with E-state index in [0.29, 0.717) is 5.92 Å². The molecular weight excluding hydrogens is 410 g/mol. The first-order valence-corrected chi connectivity index (χ1v) is 11.7. The summed E-state index contributed by atoms with van der Waals surface area (Å²) in [4.78, 5) is 27.8. The molecule has 33 heavy (non-hydrogen) atoms. The van der Waals surface area contributed by atoms with E-state index in [0.717, 1.165) is 71.1 Å². The van der Waals surface area contributed by atoms with Crippen LogP contribution in [0.15, 0.2) is 36.8 Å². The molecule has 1 aromatic carbocycles. The fourth-order valence-electron chi connectivity index (χ4n) is 5.09. The Morgan fingerprint density at radius 3 is 2.48 bits per heavy atom. The van der Waals surface area contributed by atoms with Crippen LogP contribution in [0.1, 0.15) is 63.0 Å². The quantitative estimate of drug-likeness (QED) is 0.470. The van der Waals surface area contributed by atoms with E-state index >= 15 is 0 Å². The molecule has 0 aliphatic carbocycles. The Morgan fingerprint density at radius 2 is 1.79 bits per heavy atom. The van der Waals surface area contributed by atoms with E-state index in [1.165, 1.54) is 11.1 Å². The van der Waals surface area contributed by atoms with E-state index < -0.39 is 0 Å². The van der Waals surface area contributed by atoms with Gasteiger partial charge in [-0.2, -0.15) is 0 Å². The highest BCUT2D eigenvalue weighted by Gasteiger charge is 2.26. The number of nitrogens with one attached hydrogen (secondary N) is 1. The van der Waals surface area contributed by atoms with Gasteiger partial charge in [-0.1, -0.05) is 0 Å². The Hall–Kier alpha value is -3.41. The second-order valence-corrected chi connectivity index (χ2v) is 9.40. The summed E-state index contributed by atoms with van der Waals surface area (Å²) < 4.78 is 2.07. The molecule has 1 amide bonds. The third kappa shape index (κ3) is 3.84. The van der Waals surface area contributed by atoms with Gasteiger partial charge in [-0.05, 0) is 94.3 Å². The van der Waals surface area contributed by atoms with Crippen molar-refractivity contribution in [2.24, 2.45) is 0 Å². The highest BCUT2D eigenvalue weighted by molar-refractivity contribution is 5.97. The van der Waals surface area contributed by atoms with Crippen LogP contribution in [0, 0.1) is 34.6 Å². The van der Waals surface area contributed by atoms with Crippen molar-refractivity contribution in [3.8, 4) is 11.3 Å². The molecule has 0 atom stereocenters. The number of aryl methyl sites for hydroxylation is 4. The molecule has 5 rings (SSSR count). The molecule has 6 heteroatoms. The van der Waals surface area contributed by atoms with Gasteiger partial charge < -0.3 is 14.3 Å². The van der Waals surface area contributed by atoms with Gasteiger partial charge in [0.1, 0.15) is 5.82 Å². The van der Waals surface area contributed by atoms with Crippen LogP contribution in [0.5, 0.6) is 0 Å². The number of aromatic amines is 1. The van der Waals surface area contributed by atoms with Gasteiger partial charge in [0, 0.05) is 30.4 Å². The minimum absolute atomic E-state index is 0.131. The van der Waals surface area contributed by atoms with Crippen LogP contribution in [-0.4, -0.2) is 43.2 Å². The number of rotatable bonds is 3. The molecule has 0 unspecified atom stereocenters. The Kier molecular flexibility index (Phi) is 5.31. The molecule has 6 nitrogen and oxygen atoms in total. The fourth-order valence-corrected chi connectivity index (χ4v) is 5.09. The second kappa shape index (κ2) is 8.18. The number of imidazole rings is 2. The smallest absolute Gasteiger partial charge is 0.254 e. The summed E-state index contributed by atoms with van der Waals surface area (Å²) in [5.74, 6) is 1.49. The molecule has 1 aliphatic rings. The number of amides is 1. The van der Waals surface area contributed by atoms with Gasteiger partial charge in [0.25, 0.3) is 5.91 Å². The van der Waals surface area contributed by atoms with Gasteiger partial charge in [-0.15, -0.1) is 0 Å². The lowest BCUT2D eigenvalue weighted by molar-refractivity contribution is 0.0712. The molecule has 1 aliphatic heterocycles. The number of carbonyl (C=O) groups excluding carboxylic acids is 1. The second-order valence-electron chi connectivity index (χ2n) is 9.40. The summed E-state index contributed by atoms with van der Waals surface area (Å²) >= 11 is 0. The van der Waals surface area contributed by atoms with Crippen LogP contribution in [0.4, 0.5) is 0 Å². The number of hydrogen-bond donors (Lipinski definition) is 1. The van der Waals surface area contributed by atoms with Crippen molar-refractivity contribution in [1.82, 2.24) is 24.3 Å². The Balaban J connectivity index is 1.36. The summed E-state index contributed by atoms with van der Waals surface area (Å²) in [6.45, 7) is 11.7. The van der Waals surface area contributed by atoms with Crippen molar-refractivity contribution >= 4 is 11.4 Å². The van der Waals surface area contributed by atoms with E-state index in [4.69, 9.17) is 0 Å². The van der Waals surface area contributed by atoms with Gasteiger partial charge in [-0.25, -0.2) is 9.97 Å². The summed E-state index contributed by atoms with van der Waals surface area (Å²) in [7, 11) is 0. The van der Waals surface area contributed by atoms with Crippen molar-refractivity contribution in [2.45, 2.75) is 53.4 Å². The number of likely N-dealkylation sites (tertiary alicyclic amines) is 1. The van der Waals surface area contributed by atoms with Crippen molar-refractivity contribution in [3.63, 3.8) is 0 Å². The van der Waals surface area contributed by atoms with E-state index in [1.807, 2.05) is 45.0 Å². The normalized spacial score (nSPS) is 14.9. The Morgan fingerprint density at radius 1 is 1.03 bits per heavy atom. The molecule has 0 spiro atoms. The summed E-state index contributed by atoms with van der Waals surface area (Å²) in [6.07, 6.45) is 5.91. The highest BCUT2D eigenvalue weighted by atomic mass is 16.2. The summed E-state index contributed by atoms with van der Waals surface area (Å²) in [6, 6.07) is 8.64. The molecule has 0 saturated carbocycles. The number of benzene rings is 1. The van der Waals surface area contributed by atoms with Gasteiger partial charge in [-0.3, -0.25) is 4.79 Å². The largest absolute Gasteiger partial charge is 0.342 e. The number of carbonyl (C=O) groups is 1.